The van der Waals surface area contributed by atoms with Crippen molar-refractivity contribution in [2.75, 3.05) is 7.05 Å². The van der Waals surface area contributed by atoms with Crippen LogP contribution in [0.15, 0.2) is 60.1 Å². The van der Waals surface area contributed by atoms with E-state index >= 15 is 0 Å². The summed E-state index contributed by atoms with van der Waals surface area (Å²) >= 11 is 0. The Morgan fingerprint density at radius 1 is 1.04 bits per heavy atom. The molecule has 4 rings (SSSR count). The van der Waals surface area contributed by atoms with E-state index in [2.05, 4.69) is 35.8 Å². The highest BCUT2D eigenvalue weighted by atomic mass is 15.3. The van der Waals surface area contributed by atoms with Crippen molar-refractivity contribution in [3.63, 3.8) is 0 Å². The smallest absolute Gasteiger partial charge is 0.191 e. The highest BCUT2D eigenvalue weighted by molar-refractivity contribution is 5.79. The Bertz CT molecular complexity index is 1090. The first-order valence-corrected chi connectivity index (χ1v) is 8.93. The molecular formula is C19H21N9. The summed E-state index contributed by atoms with van der Waals surface area (Å²) < 4.78 is 3.89. The highest BCUT2D eigenvalue weighted by Crippen LogP contribution is 2.08. The number of rotatable bonds is 5. The number of aryl methyl sites for hydroxylation is 1. The third-order valence-electron chi connectivity index (χ3n) is 4.36. The predicted octanol–water partition coefficient (Wildman–Crippen LogP) is 1.48. The Hall–Kier alpha value is -3.75. The van der Waals surface area contributed by atoms with Gasteiger partial charge < -0.3 is 10.6 Å². The number of nitrogens with zero attached hydrogens (tertiary/aromatic N) is 7. The summed E-state index contributed by atoms with van der Waals surface area (Å²) in [6.07, 6.45) is 7.45. The van der Waals surface area contributed by atoms with Crippen LogP contribution in [0.25, 0.3) is 11.5 Å². The van der Waals surface area contributed by atoms with Gasteiger partial charge in [0.2, 0.25) is 0 Å². The van der Waals surface area contributed by atoms with Gasteiger partial charge in [0.15, 0.2) is 17.4 Å². The maximum Gasteiger partial charge on any atom is 0.191 e. The highest BCUT2D eigenvalue weighted by Gasteiger charge is 2.06. The Morgan fingerprint density at radius 2 is 1.93 bits per heavy atom. The molecule has 0 aliphatic heterocycles. The van der Waals surface area contributed by atoms with Gasteiger partial charge in [-0.05, 0) is 30.7 Å². The van der Waals surface area contributed by atoms with Crippen molar-refractivity contribution >= 4 is 11.6 Å². The van der Waals surface area contributed by atoms with Gasteiger partial charge in [0.25, 0.3) is 0 Å². The molecule has 0 unspecified atom stereocenters. The summed E-state index contributed by atoms with van der Waals surface area (Å²) in [5.74, 6) is 3.26. The molecule has 0 amide bonds. The van der Waals surface area contributed by atoms with Crippen LogP contribution in [0.2, 0.25) is 0 Å². The molecule has 28 heavy (non-hydrogen) atoms. The molecule has 0 saturated carbocycles. The monoisotopic (exact) mass is 375 g/mol. The molecule has 4 aromatic heterocycles. The van der Waals surface area contributed by atoms with Crippen molar-refractivity contribution in [3.8, 4) is 5.82 Å². The molecule has 2 N–H and O–H groups in total. The van der Waals surface area contributed by atoms with E-state index in [0.29, 0.717) is 19.0 Å². The van der Waals surface area contributed by atoms with E-state index in [0.717, 1.165) is 28.7 Å². The maximum absolute atomic E-state index is 4.51. The van der Waals surface area contributed by atoms with Crippen LogP contribution in [0.5, 0.6) is 0 Å². The zero-order chi connectivity index (χ0) is 19.3. The Balaban J connectivity index is 1.35. The summed E-state index contributed by atoms with van der Waals surface area (Å²) in [4.78, 5) is 13.0. The van der Waals surface area contributed by atoms with Gasteiger partial charge in [-0.1, -0.05) is 12.1 Å². The van der Waals surface area contributed by atoms with Crippen molar-refractivity contribution in [1.29, 1.82) is 0 Å². The zero-order valence-electron chi connectivity index (χ0n) is 15.7. The number of guanidine groups is 1. The molecule has 4 heterocycles. The van der Waals surface area contributed by atoms with Crippen LogP contribution in [0.4, 0.5) is 0 Å². The third kappa shape index (κ3) is 3.68. The number of imidazole rings is 1. The van der Waals surface area contributed by atoms with Crippen molar-refractivity contribution < 1.29 is 0 Å². The molecule has 0 aliphatic rings. The van der Waals surface area contributed by atoms with Crippen LogP contribution in [0.3, 0.4) is 0 Å². The quantitative estimate of drug-likeness (QED) is 0.405. The fourth-order valence-electron chi connectivity index (χ4n) is 2.86. The summed E-state index contributed by atoms with van der Waals surface area (Å²) in [6.45, 7) is 3.07. The lowest BCUT2D eigenvalue weighted by Crippen LogP contribution is -2.36. The van der Waals surface area contributed by atoms with Crippen LogP contribution in [0.1, 0.15) is 17.2 Å². The molecule has 9 nitrogen and oxygen atoms in total. The predicted molar refractivity (Wildman–Crippen MR) is 106 cm³/mol. The molecular weight excluding hydrogens is 354 g/mol. The molecule has 0 saturated heterocycles. The number of aromatic nitrogens is 6. The number of hydrogen-bond acceptors (Lipinski definition) is 5. The van der Waals surface area contributed by atoms with E-state index in [9.17, 15) is 0 Å². The van der Waals surface area contributed by atoms with E-state index in [1.165, 1.54) is 0 Å². The van der Waals surface area contributed by atoms with Gasteiger partial charge in [0.05, 0.1) is 6.54 Å². The Morgan fingerprint density at radius 3 is 2.68 bits per heavy atom. The van der Waals surface area contributed by atoms with Crippen LogP contribution in [0, 0.1) is 6.92 Å². The summed E-state index contributed by atoms with van der Waals surface area (Å²) in [5.41, 5.74) is 1.87. The largest absolute Gasteiger partial charge is 0.352 e. The van der Waals surface area contributed by atoms with Gasteiger partial charge in [-0.2, -0.15) is 0 Å². The fraction of sp³-hybridized carbons (Fsp3) is 0.211. The Labute approximate surface area is 162 Å². The lowest BCUT2D eigenvalue weighted by atomic mass is 10.3. The molecule has 0 bridgehead atoms. The second-order valence-electron chi connectivity index (χ2n) is 6.19. The van der Waals surface area contributed by atoms with E-state index in [4.69, 9.17) is 0 Å². The number of aliphatic imine (C=N–C) groups is 1. The fourth-order valence-corrected chi connectivity index (χ4v) is 2.86. The minimum atomic E-state index is 0.516. The molecule has 0 aromatic carbocycles. The molecule has 142 valence electrons. The van der Waals surface area contributed by atoms with Crippen molar-refractivity contribution in [3.05, 3.63) is 72.3 Å². The second-order valence-corrected chi connectivity index (χ2v) is 6.19. The minimum Gasteiger partial charge on any atom is -0.352 e. The zero-order valence-corrected chi connectivity index (χ0v) is 15.7. The molecule has 4 aromatic rings. The SMILES string of the molecule is CN=C(NCc1ccc(-n2ccnc2C)nc1)NCc1nnc2ccccn12. The van der Waals surface area contributed by atoms with Crippen molar-refractivity contribution in [2.24, 2.45) is 4.99 Å². The van der Waals surface area contributed by atoms with Gasteiger partial charge in [0.1, 0.15) is 11.6 Å². The first-order valence-electron chi connectivity index (χ1n) is 8.93. The van der Waals surface area contributed by atoms with E-state index in [-0.39, 0.29) is 0 Å². The van der Waals surface area contributed by atoms with Crippen LogP contribution in [-0.2, 0) is 13.1 Å². The molecule has 0 spiro atoms. The molecule has 0 atom stereocenters. The summed E-state index contributed by atoms with van der Waals surface area (Å²) in [5, 5.41) is 14.9. The lowest BCUT2D eigenvalue weighted by Gasteiger charge is -2.11. The average molecular weight is 375 g/mol. The van der Waals surface area contributed by atoms with E-state index in [1.807, 2.05) is 64.8 Å². The molecule has 0 radical (unpaired) electrons. The third-order valence-corrected chi connectivity index (χ3v) is 4.36. The normalized spacial score (nSPS) is 11.7. The maximum atomic E-state index is 4.51. The number of nitrogens with one attached hydrogen (secondary N) is 2. The van der Waals surface area contributed by atoms with Gasteiger partial charge in [-0.15, -0.1) is 10.2 Å². The van der Waals surface area contributed by atoms with Crippen LogP contribution < -0.4 is 10.6 Å². The average Bonchev–Trinajstić information content (AvgIpc) is 3.35. The molecule has 9 heteroatoms. The van der Waals surface area contributed by atoms with Gasteiger partial charge >= 0.3 is 0 Å². The summed E-state index contributed by atoms with van der Waals surface area (Å²) in [7, 11) is 1.74. The number of hydrogen-bond donors (Lipinski definition) is 2. The van der Waals surface area contributed by atoms with Gasteiger partial charge in [0, 0.05) is 38.4 Å². The first-order chi connectivity index (χ1) is 13.7. The van der Waals surface area contributed by atoms with E-state index in [1.54, 1.807) is 13.2 Å². The summed E-state index contributed by atoms with van der Waals surface area (Å²) in [6, 6.07) is 9.83. The number of pyridine rings is 2. The second kappa shape index (κ2) is 7.87. The van der Waals surface area contributed by atoms with E-state index < -0.39 is 0 Å². The molecule has 0 aliphatic carbocycles. The van der Waals surface area contributed by atoms with Crippen molar-refractivity contribution in [1.82, 2.24) is 39.8 Å². The van der Waals surface area contributed by atoms with Crippen LogP contribution in [-0.4, -0.2) is 42.1 Å². The van der Waals surface area contributed by atoms with Gasteiger partial charge in [-0.3, -0.25) is 14.0 Å². The molecule has 0 fully saturated rings. The minimum absolute atomic E-state index is 0.516. The van der Waals surface area contributed by atoms with Crippen LogP contribution >= 0.6 is 0 Å². The van der Waals surface area contributed by atoms with Gasteiger partial charge in [-0.25, -0.2) is 9.97 Å². The first kappa shape index (κ1) is 17.7. The lowest BCUT2D eigenvalue weighted by molar-refractivity contribution is 0.761. The standard InChI is InChI=1S/C19H21N9/c1-14-21-8-10-27(14)16-7-6-15(11-22-16)12-23-19(20-2)24-13-18-26-25-17-5-3-4-9-28(17)18/h3-11H,12-13H2,1-2H3,(H2,20,23,24). The topological polar surface area (TPSA) is 97.3 Å². The number of fused-ring (bicyclic) bond motifs is 1. The Kier molecular flexibility index (Phi) is 4.96. The van der Waals surface area contributed by atoms with Crippen molar-refractivity contribution in [2.45, 2.75) is 20.0 Å².